The molecule has 26 heavy (non-hydrogen) atoms. The van der Waals surface area contributed by atoms with E-state index in [9.17, 15) is 8.42 Å². The molecule has 0 bridgehead atoms. The quantitative estimate of drug-likeness (QED) is 0.622. The summed E-state index contributed by atoms with van der Waals surface area (Å²) in [7, 11) is -3.73. The molecule has 0 radical (unpaired) electrons. The molecule has 0 fully saturated rings. The van der Waals surface area contributed by atoms with Gasteiger partial charge in [-0.1, -0.05) is 45.7 Å². The van der Waals surface area contributed by atoms with Gasteiger partial charge < -0.3 is 0 Å². The summed E-state index contributed by atoms with van der Waals surface area (Å²) in [4.78, 5) is 0.0492. The third-order valence-corrected chi connectivity index (χ3v) is 6.44. The number of aromatic nitrogens is 2. The van der Waals surface area contributed by atoms with Gasteiger partial charge >= 0.3 is 0 Å². The first-order chi connectivity index (χ1) is 12.3. The number of sulfonamides is 1. The minimum atomic E-state index is -3.73. The number of nitrogens with zero attached hydrogens (tertiary/aromatic N) is 2. The summed E-state index contributed by atoms with van der Waals surface area (Å²) in [6.45, 7) is 3.92. The minimum Gasteiger partial charge on any atom is -0.238 e. The molecule has 5 nitrogen and oxygen atoms in total. The SMILES string of the molecule is Cc1nn(-c2ccccc2)c(C)c1CNS(=O)(=O)c1ccc(Br)cc1Cl. The standard InChI is InChI=1S/C18H17BrClN3O2S/c1-12-16(13(2)23(22-12)15-6-4-3-5-7-15)11-21-26(24,25)18-9-8-14(19)10-17(18)20/h3-10,21H,11H2,1-2H3. The van der Waals surface area contributed by atoms with Crippen LogP contribution in [-0.4, -0.2) is 18.2 Å². The Labute approximate surface area is 166 Å². The van der Waals surface area contributed by atoms with Gasteiger partial charge in [-0.25, -0.2) is 17.8 Å². The van der Waals surface area contributed by atoms with Crippen LogP contribution in [0.4, 0.5) is 0 Å². The summed E-state index contributed by atoms with van der Waals surface area (Å²) >= 11 is 9.35. The molecule has 0 unspecified atom stereocenters. The van der Waals surface area contributed by atoms with E-state index in [1.165, 1.54) is 6.07 Å². The van der Waals surface area contributed by atoms with Crippen LogP contribution in [-0.2, 0) is 16.6 Å². The lowest BCUT2D eigenvalue weighted by Crippen LogP contribution is -2.24. The predicted molar refractivity (Wildman–Crippen MR) is 106 cm³/mol. The second-order valence-electron chi connectivity index (χ2n) is 5.80. The average Bonchev–Trinajstić information content (AvgIpc) is 2.88. The van der Waals surface area contributed by atoms with E-state index >= 15 is 0 Å². The molecule has 3 rings (SSSR count). The van der Waals surface area contributed by atoms with Gasteiger partial charge in [-0.3, -0.25) is 0 Å². The van der Waals surface area contributed by atoms with Gasteiger partial charge in [0.1, 0.15) is 4.90 Å². The Kier molecular flexibility index (Phi) is 5.53. The highest BCUT2D eigenvalue weighted by Gasteiger charge is 2.20. The van der Waals surface area contributed by atoms with Crippen LogP contribution < -0.4 is 4.72 Å². The van der Waals surface area contributed by atoms with Crippen molar-refractivity contribution in [2.75, 3.05) is 0 Å². The van der Waals surface area contributed by atoms with Crippen LogP contribution in [0.25, 0.3) is 5.69 Å². The van der Waals surface area contributed by atoms with Crippen molar-refractivity contribution in [1.82, 2.24) is 14.5 Å². The van der Waals surface area contributed by atoms with Gasteiger partial charge in [0.15, 0.2) is 0 Å². The number of hydrogen-bond donors (Lipinski definition) is 1. The first-order valence-electron chi connectivity index (χ1n) is 7.85. The fourth-order valence-corrected chi connectivity index (χ4v) is 4.72. The molecule has 0 atom stereocenters. The van der Waals surface area contributed by atoms with E-state index in [0.717, 1.165) is 27.1 Å². The lowest BCUT2D eigenvalue weighted by Gasteiger charge is -2.09. The normalized spacial score (nSPS) is 11.7. The molecule has 1 aromatic heterocycles. The van der Waals surface area contributed by atoms with Crippen molar-refractivity contribution in [2.24, 2.45) is 0 Å². The maximum atomic E-state index is 12.6. The first kappa shape index (κ1) is 19.1. The second-order valence-corrected chi connectivity index (χ2v) is 8.85. The largest absolute Gasteiger partial charge is 0.242 e. The van der Waals surface area contributed by atoms with Gasteiger partial charge in [0.05, 0.1) is 16.4 Å². The van der Waals surface area contributed by atoms with Crippen molar-refractivity contribution < 1.29 is 8.42 Å². The molecule has 0 aliphatic heterocycles. The fraction of sp³-hybridized carbons (Fsp3) is 0.167. The maximum absolute atomic E-state index is 12.6. The third kappa shape index (κ3) is 3.86. The maximum Gasteiger partial charge on any atom is 0.242 e. The molecule has 1 N–H and O–H groups in total. The summed E-state index contributed by atoms with van der Waals surface area (Å²) in [6, 6.07) is 14.4. The van der Waals surface area contributed by atoms with Crippen molar-refractivity contribution in [3.8, 4) is 5.69 Å². The van der Waals surface area contributed by atoms with Gasteiger partial charge in [-0.05, 0) is 44.2 Å². The molecule has 0 aliphatic rings. The monoisotopic (exact) mass is 453 g/mol. The number of aryl methyl sites for hydroxylation is 1. The molecule has 8 heteroatoms. The van der Waals surface area contributed by atoms with E-state index in [1.54, 1.807) is 12.1 Å². The Morgan fingerprint density at radius 2 is 1.85 bits per heavy atom. The number of hydrogen-bond acceptors (Lipinski definition) is 3. The molecular formula is C18H17BrClN3O2S. The number of para-hydroxylation sites is 1. The Morgan fingerprint density at radius 1 is 1.15 bits per heavy atom. The summed E-state index contributed by atoms with van der Waals surface area (Å²) in [5.41, 5.74) is 3.43. The van der Waals surface area contributed by atoms with Crippen molar-refractivity contribution >= 4 is 37.6 Å². The van der Waals surface area contributed by atoms with E-state index < -0.39 is 10.0 Å². The van der Waals surface area contributed by atoms with Crippen molar-refractivity contribution in [1.29, 1.82) is 0 Å². The minimum absolute atomic E-state index is 0.0492. The molecule has 3 aromatic rings. The molecule has 0 saturated heterocycles. The summed E-state index contributed by atoms with van der Waals surface area (Å²) in [5.74, 6) is 0. The van der Waals surface area contributed by atoms with Gasteiger partial charge in [0, 0.05) is 22.3 Å². The van der Waals surface area contributed by atoms with Crippen molar-refractivity contribution in [3.05, 3.63) is 75.0 Å². The molecule has 0 spiro atoms. The van der Waals surface area contributed by atoms with Crippen LogP contribution in [0.15, 0.2) is 57.9 Å². The summed E-state index contributed by atoms with van der Waals surface area (Å²) in [6.07, 6.45) is 0. The highest BCUT2D eigenvalue weighted by Crippen LogP contribution is 2.25. The Morgan fingerprint density at radius 3 is 2.50 bits per heavy atom. The lowest BCUT2D eigenvalue weighted by molar-refractivity contribution is 0.581. The van der Waals surface area contributed by atoms with Crippen LogP contribution in [0.5, 0.6) is 0 Å². The van der Waals surface area contributed by atoms with Crippen LogP contribution >= 0.6 is 27.5 Å². The summed E-state index contributed by atoms with van der Waals surface area (Å²) < 4.78 is 30.3. The number of halogens is 2. The van der Waals surface area contributed by atoms with Crippen LogP contribution in [0.2, 0.25) is 5.02 Å². The topological polar surface area (TPSA) is 64.0 Å². The van der Waals surface area contributed by atoms with Crippen molar-refractivity contribution in [3.63, 3.8) is 0 Å². The number of nitrogens with one attached hydrogen (secondary N) is 1. The van der Waals surface area contributed by atoms with Crippen LogP contribution in [0, 0.1) is 13.8 Å². The smallest absolute Gasteiger partial charge is 0.238 e. The van der Waals surface area contributed by atoms with Crippen molar-refractivity contribution in [2.45, 2.75) is 25.3 Å². The van der Waals surface area contributed by atoms with E-state index in [0.29, 0.717) is 0 Å². The van der Waals surface area contributed by atoms with Gasteiger partial charge in [-0.2, -0.15) is 5.10 Å². The van der Waals surface area contributed by atoms with E-state index in [4.69, 9.17) is 11.6 Å². The molecule has 1 heterocycles. The Hall–Kier alpha value is -1.67. The zero-order chi connectivity index (χ0) is 18.9. The predicted octanol–water partition coefficient (Wildman–Crippen LogP) is 4.38. The molecule has 0 saturated carbocycles. The number of benzene rings is 2. The average molecular weight is 455 g/mol. The highest BCUT2D eigenvalue weighted by molar-refractivity contribution is 9.10. The fourth-order valence-electron chi connectivity index (χ4n) is 2.69. The van der Waals surface area contributed by atoms with E-state index in [-0.39, 0.29) is 16.5 Å². The molecule has 0 amide bonds. The highest BCUT2D eigenvalue weighted by atomic mass is 79.9. The van der Waals surface area contributed by atoms with Crippen LogP contribution in [0.3, 0.4) is 0 Å². The Balaban J connectivity index is 1.87. The molecule has 2 aromatic carbocycles. The molecule has 136 valence electrons. The van der Waals surface area contributed by atoms with E-state index in [2.05, 4.69) is 25.8 Å². The molecular weight excluding hydrogens is 438 g/mol. The molecule has 0 aliphatic carbocycles. The third-order valence-electron chi connectivity index (χ3n) is 4.06. The van der Waals surface area contributed by atoms with E-state index in [1.807, 2.05) is 48.9 Å². The van der Waals surface area contributed by atoms with Gasteiger partial charge in [0.2, 0.25) is 10.0 Å². The Bertz CT molecular complexity index is 1050. The zero-order valence-electron chi connectivity index (χ0n) is 14.2. The zero-order valence-corrected chi connectivity index (χ0v) is 17.4. The second kappa shape index (κ2) is 7.52. The van der Waals surface area contributed by atoms with Crippen LogP contribution in [0.1, 0.15) is 17.0 Å². The lowest BCUT2D eigenvalue weighted by atomic mass is 10.2. The number of rotatable bonds is 5. The van der Waals surface area contributed by atoms with Gasteiger partial charge in [0.25, 0.3) is 0 Å². The first-order valence-corrected chi connectivity index (χ1v) is 10.5. The summed E-state index contributed by atoms with van der Waals surface area (Å²) in [5, 5.41) is 4.70. The van der Waals surface area contributed by atoms with Gasteiger partial charge in [-0.15, -0.1) is 0 Å².